The van der Waals surface area contributed by atoms with E-state index >= 15 is 0 Å². The molecule has 1 aliphatic rings. The Morgan fingerprint density at radius 3 is 2.93 bits per heavy atom. The van der Waals surface area contributed by atoms with Gasteiger partial charge in [0.2, 0.25) is 5.91 Å². The zero-order valence-corrected chi connectivity index (χ0v) is 15.3. The summed E-state index contributed by atoms with van der Waals surface area (Å²) in [6, 6.07) is 6.54. The smallest absolute Gasteiger partial charge is 0.217 e. The van der Waals surface area contributed by atoms with E-state index in [1.54, 1.807) is 19.2 Å². The predicted molar refractivity (Wildman–Crippen MR) is 100 cm³/mol. The molecule has 4 rings (SSSR count). The lowest BCUT2D eigenvalue weighted by Gasteiger charge is -2.10. The van der Waals surface area contributed by atoms with Crippen LogP contribution in [0.1, 0.15) is 37.9 Å². The van der Waals surface area contributed by atoms with Gasteiger partial charge in [0, 0.05) is 42.3 Å². The first-order chi connectivity index (χ1) is 13.0. The summed E-state index contributed by atoms with van der Waals surface area (Å²) in [6.07, 6.45) is 4.45. The van der Waals surface area contributed by atoms with Gasteiger partial charge in [-0.25, -0.2) is 14.4 Å². The Hall–Kier alpha value is -2.96. The molecular formula is C20H21FN4O2. The second-order valence-corrected chi connectivity index (χ2v) is 6.93. The molecular weight excluding hydrogens is 347 g/mol. The number of amides is 1. The number of aromatic nitrogens is 3. The second kappa shape index (κ2) is 6.98. The van der Waals surface area contributed by atoms with Gasteiger partial charge in [-0.15, -0.1) is 0 Å². The van der Waals surface area contributed by atoms with E-state index in [1.165, 1.54) is 19.2 Å². The number of carbonyl (C=O) groups is 1. The number of methoxy groups -OCH3 is 1. The number of halogens is 1. The summed E-state index contributed by atoms with van der Waals surface area (Å²) in [4.78, 5) is 23.7. The van der Waals surface area contributed by atoms with Crippen LogP contribution in [0.2, 0.25) is 0 Å². The van der Waals surface area contributed by atoms with Gasteiger partial charge in [-0.1, -0.05) is 0 Å². The molecule has 140 valence electrons. The Bertz CT molecular complexity index is 1000. The summed E-state index contributed by atoms with van der Waals surface area (Å²) < 4.78 is 18.9. The number of benzene rings is 1. The lowest BCUT2D eigenvalue weighted by atomic mass is 10.0. The van der Waals surface area contributed by atoms with E-state index in [0.717, 1.165) is 41.7 Å². The molecule has 0 aliphatic heterocycles. The maximum atomic E-state index is 13.6. The van der Waals surface area contributed by atoms with Crippen molar-refractivity contribution < 1.29 is 13.9 Å². The van der Waals surface area contributed by atoms with Gasteiger partial charge < -0.3 is 15.0 Å². The summed E-state index contributed by atoms with van der Waals surface area (Å²) in [5, 5.41) is 2.98. The van der Waals surface area contributed by atoms with Gasteiger partial charge in [-0.2, -0.15) is 0 Å². The van der Waals surface area contributed by atoms with Crippen LogP contribution in [0.4, 0.5) is 4.39 Å². The van der Waals surface area contributed by atoms with E-state index < -0.39 is 0 Å². The summed E-state index contributed by atoms with van der Waals surface area (Å²) in [7, 11) is 1.52. The Morgan fingerprint density at radius 2 is 2.15 bits per heavy atom. The normalized spacial score (nSPS) is 19.4. The number of hydrogen-bond acceptors (Lipinski definition) is 4. The lowest BCUT2D eigenvalue weighted by molar-refractivity contribution is -0.119. The fourth-order valence-electron chi connectivity index (χ4n) is 3.88. The van der Waals surface area contributed by atoms with Crippen molar-refractivity contribution in [2.75, 3.05) is 7.11 Å². The molecule has 1 saturated carbocycles. The molecule has 2 atom stereocenters. The van der Waals surface area contributed by atoms with Crippen LogP contribution in [0, 0.1) is 5.82 Å². The predicted octanol–water partition coefficient (Wildman–Crippen LogP) is 3.54. The van der Waals surface area contributed by atoms with Crippen molar-refractivity contribution in [1.29, 1.82) is 0 Å². The Kier molecular flexibility index (Phi) is 4.51. The number of nitrogens with one attached hydrogen (secondary N) is 2. The number of pyridine rings is 1. The molecule has 0 saturated heterocycles. The molecule has 0 radical (unpaired) electrons. The first kappa shape index (κ1) is 17.5. The SMILES string of the molecule is COc1cc(F)ccc1-c1ccnc2nc([C@@H]3CC[C@@H](NC(C)=O)C3)[nH]c12. The molecule has 0 unspecified atom stereocenters. The average Bonchev–Trinajstić information content (AvgIpc) is 3.27. The number of nitrogens with zero attached hydrogens (tertiary/aromatic N) is 2. The Balaban J connectivity index is 1.70. The number of imidazole rings is 1. The first-order valence-electron chi connectivity index (χ1n) is 9.00. The molecule has 7 heteroatoms. The van der Waals surface area contributed by atoms with Crippen LogP contribution in [0.3, 0.4) is 0 Å². The summed E-state index contributed by atoms with van der Waals surface area (Å²) in [6.45, 7) is 1.54. The molecule has 2 N–H and O–H groups in total. The highest BCUT2D eigenvalue weighted by Gasteiger charge is 2.29. The largest absolute Gasteiger partial charge is 0.496 e. The van der Waals surface area contributed by atoms with Gasteiger partial charge in [-0.3, -0.25) is 4.79 Å². The van der Waals surface area contributed by atoms with Crippen LogP contribution in [0.15, 0.2) is 30.5 Å². The minimum absolute atomic E-state index is 0.00221. The van der Waals surface area contributed by atoms with Crippen LogP contribution in [-0.4, -0.2) is 34.0 Å². The molecule has 1 aromatic carbocycles. The van der Waals surface area contributed by atoms with Crippen molar-refractivity contribution in [2.45, 2.75) is 38.1 Å². The van der Waals surface area contributed by atoms with Crippen molar-refractivity contribution in [3.63, 3.8) is 0 Å². The third-order valence-corrected chi connectivity index (χ3v) is 5.09. The summed E-state index contributed by atoms with van der Waals surface area (Å²) >= 11 is 0. The van der Waals surface area contributed by atoms with E-state index in [1.807, 2.05) is 6.07 Å². The van der Waals surface area contributed by atoms with Crippen LogP contribution in [0.5, 0.6) is 5.75 Å². The van der Waals surface area contributed by atoms with Crippen molar-refractivity contribution in [3.05, 3.63) is 42.1 Å². The minimum atomic E-state index is -0.346. The Morgan fingerprint density at radius 1 is 1.30 bits per heavy atom. The highest BCUT2D eigenvalue weighted by Crippen LogP contribution is 2.37. The van der Waals surface area contributed by atoms with Gasteiger partial charge in [0.05, 0.1) is 12.6 Å². The quantitative estimate of drug-likeness (QED) is 0.738. The van der Waals surface area contributed by atoms with Crippen LogP contribution < -0.4 is 10.1 Å². The highest BCUT2D eigenvalue weighted by atomic mass is 19.1. The number of aromatic amines is 1. The number of fused-ring (bicyclic) bond motifs is 1. The van der Waals surface area contributed by atoms with Crippen LogP contribution in [-0.2, 0) is 4.79 Å². The molecule has 1 aliphatic carbocycles. The minimum Gasteiger partial charge on any atom is -0.496 e. The van der Waals surface area contributed by atoms with Crippen LogP contribution >= 0.6 is 0 Å². The molecule has 2 heterocycles. The zero-order chi connectivity index (χ0) is 19.0. The van der Waals surface area contributed by atoms with Gasteiger partial charge in [0.15, 0.2) is 5.65 Å². The molecule has 27 heavy (non-hydrogen) atoms. The van der Waals surface area contributed by atoms with Crippen molar-refractivity contribution in [1.82, 2.24) is 20.3 Å². The molecule has 6 nitrogen and oxygen atoms in total. The number of ether oxygens (including phenoxy) is 1. The van der Waals surface area contributed by atoms with Crippen molar-refractivity contribution in [2.24, 2.45) is 0 Å². The van der Waals surface area contributed by atoms with Crippen LogP contribution in [0.25, 0.3) is 22.3 Å². The third kappa shape index (κ3) is 3.37. The summed E-state index contributed by atoms with van der Waals surface area (Å²) in [5.41, 5.74) is 3.08. The maximum Gasteiger partial charge on any atom is 0.217 e. The summed E-state index contributed by atoms with van der Waals surface area (Å²) in [5.74, 6) is 1.24. The molecule has 2 aromatic heterocycles. The number of hydrogen-bond donors (Lipinski definition) is 2. The monoisotopic (exact) mass is 368 g/mol. The Labute approximate surface area is 156 Å². The molecule has 0 spiro atoms. The topological polar surface area (TPSA) is 79.9 Å². The van der Waals surface area contributed by atoms with E-state index in [4.69, 9.17) is 4.74 Å². The van der Waals surface area contributed by atoms with E-state index in [9.17, 15) is 9.18 Å². The molecule has 1 amide bonds. The molecule has 0 bridgehead atoms. The fourth-order valence-corrected chi connectivity index (χ4v) is 3.88. The number of H-pyrrole nitrogens is 1. The number of carbonyl (C=O) groups excluding carboxylic acids is 1. The van der Waals surface area contributed by atoms with Gasteiger partial charge in [0.1, 0.15) is 17.4 Å². The maximum absolute atomic E-state index is 13.6. The van der Waals surface area contributed by atoms with Gasteiger partial charge in [0.25, 0.3) is 0 Å². The lowest BCUT2D eigenvalue weighted by Crippen LogP contribution is -2.30. The van der Waals surface area contributed by atoms with Gasteiger partial charge in [-0.05, 0) is 37.5 Å². The van der Waals surface area contributed by atoms with Gasteiger partial charge >= 0.3 is 0 Å². The zero-order valence-electron chi connectivity index (χ0n) is 15.3. The van der Waals surface area contributed by atoms with E-state index in [2.05, 4.69) is 20.3 Å². The average molecular weight is 368 g/mol. The van der Waals surface area contributed by atoms with E-state index in [0.29, 0.717) is 11.4 Å². The molecule has 1 fully saturated rings. The number of rotatable bonds is 4. The fraction of sp³-hybridized carbons (Fsp3) is 0.350. The van der Waals surface area contributed by atoms with Crippen molar-refractivity contribution >= 4 is 17.1 Å². The van der Waals surface area contributed by atoms with E-state index in [-0.39, 0.29) is 23.7 Å². The first-order valence-corrected chi connectivity index (χ1v) is 9.00. The standard InChI is InChI=1S/C20H21FN4O2/c1-11(26)23-14-5-3-12(9-14)19-24-18-16(7-8-22-20(18)25-19)15-6-4-13(21)10-17(15)27-2/h4,6-8,10,12,14H,3,5,9H2,1-2H3,(H,23,26)(H,22,24,25)/t12-,14-/m1/s1. The third-order valence-electron chi connectivity index (χ3n) is 5.09. The molecule has 3 aromatic rings. The second-order valence-electron chi connectivity index (χ2n) is 6.93. The highest BCUT2D eigenvalue weighted by molar-refractivity contribution is 5.91. The van der Waals surface area contributed by atoms with Crippen molar-refractivity contribution in [3.8, 4) is 16.9 Å².